The van der Waals surface area contributed by atoms with E-state index in [0.29, 0.717) is 23.8 Å². The number of anilines is 1. The summed E-state index contributed by atoms with van der Waals surface area (Å²) in [6.45, 7) is 2.66. The average Bonchev–Trinajstić information content (AvgIpc) is 2.58. The Morgan fingerprint density at radius 3 is 2.75 bits per heavy atom. The number of ether oxygens (including phenoxy) is 2. The highest BCUT2D eigenvalue weighted by Crippen LogP contribution is 2.28. The molecule has 5 heteroatoms. The first-order valence-electron chi connectivity index (χ1n) is 7.71. The normalized spacial score (nSPS) is 10.6. The third kappa shape index (κ3) is 5.05. The molecule has 0 saturated carbocycles. The lowest BCUT2D eigenvalue weighted by atomic mass is 10.2. The van der Waals surface area contributed by atoms with Crippen molar-refractivity contribution in [3.8, 4) is 17.2 Å². The minimum atomic E-state index is -0.286. The van der Waals surface area contributed by atoms with Gasteiger partial charge >= 0.3 is 0 Å². The van der Waals surface area contributed by atoms with Crippen molar-refractivity contribution in [1.82, 2.24) is 0 Å². The Bertz CT molecular complexity index is 725. The lowest BCUT2D eigenvalue weighted by Gasteiger charge is -2.10. The first kappa shape index (κ1) is 17.4. The first-order chi connectivity index (χ1) is 11.6. The number of aromatic hydroxyl groups is 1. The molecule has 2 N–H and O–H groups in total. The van der Waals surface area contributed by atoms with Crippen molar-refractivity contribution in [1.29, 1.82) is 0 Å². The van der Waals surface area contributed by atoms with Crippen molar-refractivity contribution < 1.29 is 19.4 Å². The van der Waals surface area contributed by atoms with Gasteiger partial charge in [0.05, 0.1) is 13.7 Å². The van der Waals surface area contributed by atoms with Crippen LogP contribution in [0.3, 0.4) is 0 Å². The number of phenols is 1. The summed E-state index contributed by atoms with van der Waals surface area (Å²) in [4.78, 5) is 11.9. The van der Waals surface area contributed by atoms with Crippen molar-refractivity contribution in [3.05, 3.63) is 54.1 Å². The van der Waals surface area contributed by atoms with Gasteiger partial charge in [-0.15, -0.1) is 0 Å². The fourth-order valence-electron chi connectivity index (χ4n) is 2.06. The van der Waals surface area contributed by atoms with Crippen LogP contribution in [0.4, 0.5) is 5.69 Å². The van der Waals surface area contributed by atoms with Crippen LogP contribution in [-0.2, 0) is 4.79 Å². The van der Waals surface area contributed by atoms with E-state index in [1.54, 1.807) is 31.4 Å². The van der Waals surface area contributed by atoms with Gasteiger partial charge in [0.2, 0.25) is 5.91 Å². The summed E-state index contributed by atoms with van der Waals surface area (Å²) in [5, 5.41) is 12.1. The number of methoxy groups -OCH3 is 1. The van der Waals surface area contributed by atoms with E-state index < -0.39 is 0 Å². The molecule has 2 aromatic carbocycles. The Kier molecular flexibility index (Phi) is 6.25. The topological polar surface area (TPSA) is 67.8 Å². The van der Waals surface area contributed by atoms with Crippen LogP contribution in [0.25, 0.3) is 6.08 Å². The molecule has 5 nitrogen and oxygen atoms in total. The molecule has 0 aliphatic heterocycles. The average molecular weight is 327 g/mol. The monoisotopic (exact) mass is 327 g/mol. The van der Waals surface area contributed by atoms with Crippen LogP contribution in [-0.4, -0.2) is 24.7 Å². The van der Waals surface area contributed by atoms with Gasteiger partial charge in [-0.2, -0.15) is 0 Å². The van der Waals surface area contributed by atoms with Crippen LogP contribution >= 0.6 is 0 Å². The molecule has 0 heterocycles. The molecule has 0 radical (unpaired) electrons. The minimum Gasteiger partial charge on any atom is -0.508 e. The Hall–Kier alpha value is -2.95. The molecular weight excluding hydrogens is 306 g/mol. The molecule has 0 aliphatic rings. The van der Waals surface area contributed by atoms with Gasteiger partial charge in [0.15, 0.2) is 11.5 Å². The zero-order valence-corrected chi connectivity index (χ0v) is 13.8. The molecule has 0 bridgehead atoms. The van der Waals surface area contributed by atoms with E-state index in [0.717, 1.165) is 12.0 Å². The predicted molar refractivity (Wildman–Crippen MR) is 94.6 cm³/mol. The summed E-state index contributed by atoms with van der Waals surface area (Å²) in [5.41, 5.74) is 1.35. The molecule has 126 valence electrons. The molecule has 0 unspecified atom stereocenters. The van der Waals surface area contributed by atoms with Crippen LogP contribution < -0.4 is 14.8 Å². The van der Waals surface area contributed by atoms with Crippen LogP contribution in [0.5, 0.6) is 17.2 Å². The number of amides is 1. The number of carbonyl (C=O) groups is 1. The highest BCUT2D eigenvalue weighted by atomic mass is 16.5. The Balaban J connectivity index is 2.03. The quantitative estimate of drug-likeness (QED) is 0.758. The maximum absolute atomic E-state index is 11.9. The van der Waals surface area contributed by atoms with E-state index >= 15 is 0 Å². The van der Waals surface area contributed by atoms with Crippen LogP contribution in [0, 0.1) is 0 Å². The molecule has 0 atom stereocenters. The van der Waals surface area contributed by atoms with Crippen LogP contribution in [0.1, 0.15) is 18.9 Å². The summed E-state index contributed by atoms with van der Waals surface area (Å²) in [7, 11) is 1.58. The largest absolute Gasteiger partial charge is 0.508 e. The van der Waals surface area contributed by atoms with Gasteiger partial charge in [-0.3, -0.25) is 4.79 Å². The van der Waals surface area contributed by atoms with Gasteiger partial charge in [0.1, 0.15) is 5.75 Å². The summed E-state index contributed by atoms with van der Waals surface area (Å²) in [6.07, 6.45) is 4.02. The lowest BCUT2D eigenvalue weighted by molar-refractivity contribution is -0.111. The highest BCUT2D eigenvalue weighted by Gasteiger charge is 2.05. The van der Waals surface area contributed by atoms with Crippen molar-refractivity contribution in [3.63, 3.8) is 0 Å². The molecule has 24 heavy (non-hydrogen) atoms. The molecule has 0 saturated heterocycles. The maximum atomic E-state index is 11.9. The smallest absolute Gasteiger partial charge is 0.248 e. The number of hydrogen-bond donors (Lipinski definition) is 2. The second-order valence-corrected chi connectivity index (χ2v) is 5.13. The maximum Gasteiger partial charge on any atom is 0.248 e. The number of benzene rings is 2. The Morgan fingerprint density at radius 2 is 2.04 bits per heavy atom. The number of nitrogens with one attached hydrogen (secondary N) is 1. The molecule has 2 aromatic rings. The Morgan fingerprint density at radius 1 is 1.21 bits per heavy atom. The van der Waals surface area contributed by atoms with Crippen LogP contribution in [0.2, 0.25) is 0 Å². The van der Waals surface area contributed by atoms with Crippen molar-refractivity contribution in [2.24, 2.45) is 0 Å². The fraction of sp³-hybridized carbons (Fsp3) is 0.211. The predicted octanol–water partition coefficient (Wildman–Crippen LogP) is 3.84. The number of rotatable bonds is 7. The standard InChI is InChI=1S/C19H21NO4/c1-3-11-24-17-9-7-14(12-18(17)23-2)8-10-19(22)20-15-5-4-6-16(21)13-15/h4-10,12-13,21H,3,11H2,1-2H3,(H,20,22)/b10-8+. The SMILES string of the molecule is CCCOc1ccc(/C=C/C(=O)Nc2cccc(O)c2)cc1OC. The van der Waals surface area contributed by atoms with Gasteiger partial charge in [0, 0.05) is 17.8 Å². The van der Waals surface area contributed by atoms with Gasteiger partial charge in [-0.25, -0.2) is 0 Å². The van der Waals surface area contributed by atoms with E-state index in [2.05, 4.69) is 5.32 Å². The van der Waals surface area contributed by atoms with Gasteiger partial charge in [0.25, 0.3) is 0 Å². The molecule has 0 aliphatic carbocycles. The molecule has 2 rings (SSSR count). The molecule has 0 fully saturated rings. The van der Waals surface area contributed by atoms with E-state index in [-0.39, 0.29) is 11.7 Å². The van der Waals surface area contributed by atoms with E-state index in [1.165, 1.54) is 12.1 Å². The molecular formula is C19H21NO4. The third-order valence-corrected chi connectivity index (χ3v) is 3.19. The zero-order chi connectivity index (χ0) is 17.4. The second-order valence-electron chi connectivity index (χ2n) is 5.13. The van der Waals surface area contributed by atoms with Crippen molar-refractivity contribution in [2.75, 3.05) is 19.0 Å². The van der Waals surface area contributed by atoms with Crippen LogP contribution in [0.15, 0.2) is 48.5 Å². The molecule has 0 spiro atoms. The van der Waals surface area contributed by atoms with Gasteiger partial charge in [-0.05, 0) is 42.3 Å². The minimum absolute atomic E-state index is 0.101. The van der Waals surface area contributed by atoms with Gasteiger partial charge in [-0.1, -0.05) is 19.1 Å². The molecule has 0 aromatic heterocycles. The number of phenolic OH excluding ortho intramolecular Hbond substituents is 1. The summed E-state index contributed by atoms with van der Waals surface area (Å²) < 4.78 is 10.9. The number of carbonyl (C=O) groups excluding carboxylic acids is 1. The van der Waals surface area contributed by atoms with E-state index in [1.807, 2.05) is 25.1 Å². The summed E-state index contributed by atoms with van der Waals surface area (Å²) >= 11 is 0. The zero-order valence-electron chi connectivity index (χ0n) is 13.8. The third-order valence-electron chi connectivity index (χ3n) is 3.19. The Labute approximate surface area is 141 Å². The van der Waals surface area contributed by atoms with E-state index in [9.17, 15) is 9.90 Å². The van der Waals surface area contributed by atoms with Gasteiger partial charge < -0.3 is 19.9 Å². The fourth-order valence-corrected chi connectivity index (χ4v) is 2.06. The summed E-state index contributed by atoms with van der Waals surface area (Å²) in [6, 6.07) is 11.9. The summed E-state index contributed by atoms with van der Waals surface area (Å²) in [5.74, 6) is 1.12. The van der Waals surface area contributed by atoms with Crippen molar-refractivity contribution >= 4 is 17.7 Å². The van der Waals surface area contributed by atoms with E-state index in [4.69, 9.17) is 9.47 Å². The van der Waals surface area contributed by atoms with Crippen molar-refractivity contribution in [2.45, 2.75) is 13.3 Å². The first-order valence-corrected chi connectivity index (χ1v) is 7.71. The molecule has 1 amide bonds. The second kappa shape index (κ2) is 8.62. The highest BCUT2D eigenvalue weighted by molar-refractivity contribution is 6.02. The number of hydrogen-bond acceptors (Lipinski definition) is 4. The lowest BCUT2D eigenvalue weighted by Crippen LogP contribution is -2.07.